The van der Waals surface area contributed by atoms with Gasteiger partial charge in [-0.25, -0.2) is 13.2 Å². The fourth-order valence-electron chi connectivity index (χ4n) is 2.43. The zero-order chi connectivity index (χ0) is 18.7. The summed E-state index contributed by atoms with van der Waals surface area (Å²) < 4.78 is 43.5. The highest BCUT2D eigenvalue weighted by Crippen LogP contribution is 2.44. The van der Waals surface area contributed by atoms with Gasteiger partial charge in [-0.1, -0.05) is 6.07 Å². The highest BCUT2D eigenvalue weighted by atomic mass is 32.2. The van der Waals surface area contributed by atoms with Crippen LogP contribution in [0.15, 0.2) is 33.9 Å². The fourth-order valence-corrected chi connectivity index (χ4v) is 4.47. The molecule has 2 heterocycles. The molecule has 0 saturated carbocycles. The summed E-state index contributed by atoms with van der Waals surface area (Å²) in [4.78, 5) is 11.6. The number of carbonyl (C=O) groups excluding carboxylic acids is 1. The zero-order valence-electron chi connectivity index (χ0n) is 14.1. The van der Waals surface area contributed by atoms with Crippen molar-refractivity contribution in [1.29, 1.82) is 0 Å². The highest BCUT2D eigenvalue weighted by molar-refractivity contribution is 7.94. The summed E-state index contributed by atoms with van der Waals surface area (Å²) in [5.74, 6) is 0.293. The molecule has 2 aromatic rings. The lowest BCUT2D eigenvalue weighted by molar-refractivity contribution is -0.137. The van der Waals surface area contributed by atoms with Gasteiger partial charge in [-0.3, -0.25) is 4.72 Å². The Labute approximate surface area is 155 Å². The number of fused-ring (bicyclic) bond motifs is 1. The van der Waals surface area contributed by atoms with Gasteiger partial charge in [-0.15, -0.1) is 11.3 Å². The molecule has 138 valence electrons. The quantitative estimate of drug-likeness (QED) is 0.597. The fraction of sp³-hybridized carbons (Fsp3) is 0.235. The van der Waals surface area contributed by atoms with Crippen LogP contribution in [0.2, 0.25) is 0 Å². The zero-order valence-corrected chi connectivity index (χ0v) is 15.8. The molecule has 7 nitrogen and oxygen atoms in total. The second kappa shape index (κ2) is 7.38. The first kappa shape index (κ1) is 18.3. The van der Waals surface area contributed by atoms with Crippen LogP contribution in [0, 0.1) is 6.92 Å². The molecule has 1 aromatic carbocycles. The minimum atomic E-state index is -3.74. The van der Waals surface area contributed by atoms with Gasteiger partial charge in [0.2, 0.25) is 6.79 Å². The number of sulfonamides is 1. The molecule has 1 aliphatic heterocycles. The summed E-state index contributed by atoms with van der Waals surface area (Å²) in [6.07, 6.45) is 2.84. The van der Waals surface area contributed by atoms with E-state index in [4.69, 9.17) is 14.2 Å². The van der Waals surface area contributed by atoms with Crippen LogP contribution in [0.25, 0.3) is 6.08 Å². The van der Waals surface area contributed by atoms with Crippen LogP contribution in [0.3, 0.4) is 0 Å². The Hall–Kier alpha value is -2.52. The van der Waals surface area contributed by atoms with Crippen molar-refractivity contribution in [3.8, 4) is 11.5 Å². The molecule has 1 aromatic heterocycles. The molecular weight excluding hydrogens is 378 g/mol. The van der Waals surface area contributed by atoms with E-state index in [1.165, 1.54) is 12.1 Å². The van der Waals surface area contributed by atoms with Gasteiger partial charge in [0.05, 0.1) is 12.3 Å². The molecule has 9 heteroatoms. The average Bonchev–Trinajstić information content (AvgIpc) is 3.28. The van der Waals surface area contributed by atoms with Crippen molar-refractivity contribution in [2.24, 2.45) is 0 Å². The van der Waals surface area contributed by atoms with Crippen LogP contribution < -0.4 is 14.2 Å². The molecule has 1 aliphatic rings. The predicted octanol–water partition coefficient (Wildman–Crippen LogP) is 3.16. The van der Waals surface area contributed by atoms with Gasteiger partial charge in [0.25, 0.3) is 10.0 Å². The maximum Gasteiger partial charge on any atom is 0.330 e. The third-order valence-corrected chi connectivity index (χ3v) is 6.38. The Morgan fingerprint density at radius 1 is 1.38 bits per heavy atom. The van der Waals surface area contributed by atoms with Gasteiger partial charge in [-0.05, 0) is 43.0 Å². The monoisotopic (exact) mass is 395 g/mol. The molecule has 3 rings (SSSR count). The summed E-state index contributed by atoms with van der Waals surface area (Å²) in [6, 6.07) is 4.77. The van der Waals surface area contributed by atoms with E-state index in [1.807, 2.05) is 0 Å². The lowest BCUT2D eigenvalue weighted by Crippen LogP contribution is -2.12. The third kappa shape index (κ3) is 3.68. The van der Waals surface area contributed by atoms with Crippen molar-refractivity contribution in [3.05, 3.63) is 40.8 Å². The van der Waals surface area contributed by atoms with Gasteiger partial charge in [0, 0.05) is 11.6 Å². The molecule has 0 aliphatic carbocycles. The normalized spacial score (nSPS) is 13.2. The molecule has 0 saturated heterocycles. The van der Waals surface area contributed by atoms with E-state index in [0.29, 0.717) is 17.1 Å². The Balaban J connectivity index is 1.99. The predicted molar refractivity (Wildman–Crippen MR) is 98.1 cm³/mol. The standard InChI is InChI=1S/C17H17NO6S2/c1-3-22-14(19)7-6-12-9-13(17-16(11(12)2)23-10-24-17)18-26(20,21)15-5-4-8-25-15/h4-9,18H,3,10H2,1-2H3/b7-6+. The number of nitrogens with one attached hydrogen (secondary N) is 1. The maximum absolute atomic E-state index is 12.5. The maximum atomic E-state index is 12.5. The Morgan fingerprint density at radius 3 is 2.85 bits per heavy atom. The lowest BCUT2D eigenvalue weighted by atomic mass is 10.1. The van der Waals surface area contributed by atoms with Crippen LogP contribution in [0.1, 0.15) is 18.1 Å². The molecule has 0 unspecified atom stereocenters. The van der Waals surface area contributed by atoms with Crippen molar-refractivity contribution in [2.45, 2.75) is 18.1 Å². The van der Waals surface area contributed by atoms with Crippen LogP contribution >= 0.6 is 11.3 Å². The topological polar surface area (TPSA) is 90.9 Å². The van der Waals surface area contributed by atoms with E-state index in [9.17, 15) is 13.2 Å². The molecule has 0 radical (unpaired) electrons. The summed E-state index contributed by atoms with van der Waals surface area (Å²) in [6.45, 7) is 3.79. The first-order valence-electron chi connectivity index (χ1n) is 7.76. The second-order valence-corrected chi connectivity index (χ2v) is 8.18. The third-order valence-electron chi connectivity index (χ3n) is 3.62. The largest absolute Gasteiger partial charge is 0.463 e. The summed E-state index contributed by atoms with van der Waals surface area (Å²) in [5.41, 5.74) is 1.60. The number of rotatable bonds is 6. The number of hydrogen-bond donors (Lipinski definition) is 1. The second-order valence-electron chi connectivity index (χ2n) is 5.33. The van der Waals surface area contributed by atoms with Crippen molar-refractivity contribution in [2.75, 3.05) is 18.1 Å². The number of benzene rings is 1. The summed E-state index contributed by atoms with van der Waals surface area (Å²) >= 11 is 1.11. The Morgan fingerprint density at radius 2 is 2.15 bits per heavy atom. The van der Waals surface area contributed by atoms with Crippen LogP contribution in [-0.2, 0) is 19.6 Å². The van der Waals surface area contributed by atoms with Gasteiger partial charge < -0.3 is 14.2 Å². The van der Waals surface area contributed by atoms with E-state index in [0.717, 1.165) is 16.9 Å². The van der Waals surface area contributed by atoms with Crippen molar-refractivity contribution < 1.29 is 27.4 Å². The van der Waals surface area contributed by atoms with Crippen LogP contribution in [0.4, 0.5) is 5.69 Å². The van der Waals surface area contributed by atoms with E-state index in [2.05, 4.69) is 4.72 Å². The van der Waals surface area contributed by atoms with Gasteiger partial charge in [0.1, 0.15) is 4.21 Å². The van der Waals surface area contributed by atoms with Gasteiger partial charge in [-0.2, -0.15) is 0 Å². The van der Waals surface area contributed by atoms with Gasteiger partial charge in [0.15, 0.2) is 11.5 Å². The SMILES string of the molecule is CCOC(=O)/C=C/c1cc(NS(=O)(=O)c2cccs2)c2c(c1C)OCO2. The minimum absolute atomic E-state index is 0.00501. The van der Waals surface area contributed by atoms with Crippen molar-refractivity contribution in [1.82, 2.24) is 0 Å². The highest BCUT2D eigenvalue weighted by Gasteiger charge is 2.26. The number of hydrogen-bond acceptors (Lipinski definition) is 7. The lowest BCUT2D eigenvalue weighted by Gasteiger charge is -2.13. The number of ether oxygens (including phenoxy) is 3. The van der Waals surface area contributed by atoms with E-state index in [1.54, 1.807) is 37.4 Å². The summed E-state index contributed by atoms with van der Waals surface area (Å²) in [7, 11) is -3.74. The smallest absolute Gasteiger partial charge is 0.330 e. The van der Waals surface area contributed by atoms with Gasteiger partial charge >= 0.3 is 5.97 Å². The molecule has 0 atom stereocenters. The number of thiophene rings is 1. The van der Waals surface area contributed by atoms with Crippen LogP contribution in [-0.4, -0.2) is 27.8 Å². The molecule has 0 spiro atoms. The number of anilines is 1. The molecule has 0 amide bonds. The number of carbonyl (C=O) groups is 1. The van der Waals surface area contributed by atoms with Crippen molar-refractivity contribution in [3.63, 3.8) is 0 Å². The molecular formula is C17H17NO6S2. The Kier molecular flexibility index (Phi) is 5.19. The summed E-state index contributed by atoms with van der Waals surface area (Å²) in [5, 5.41) is 1.68. The average molecular weight is 395 g/mol. The van der Waals surface area contributed by atoms with Crippen LogP contribution in [0.5, 0.6) is 11.5 Å². The minimum Gasteiger partial charge on any atom is -0.463 e. The molecule has 1 N–H and O–H groups in total. The van der Waals surface area contributed by atoms with E-state index >= 15 is 0 Å². The Bertz CT molecular complexity index is 948. The molecule has 26 heavy (non-hydrogen) atoms. The molecule has 0 bridgehead atoms. The molecule has 0 fully saturated rings. The first-order valence-corrected chi connectivity index (χ1v) is 10.1. The first-order chi connectivity index (χ1) is 12.4. The van der Waals surface area contributed by atoms with E-state index in [-0.39, 0.29) is 23.3 Å². The van der Waals surface area contributed by atoms with Crippen molar-refractivity contribution >= 4 is 39.1 Å². The van der Waals surface area contributed by atoms with E-state index < -0.39 is 16.0 Å². The number of esters is 1.